The number of H-pyrrole nitrogens is 1. The van der Waals surface area contributed by atoms with Gasteiger partial charge in [0, 0.05) is 29.7 Å². The van der Waals surface area contributed by atoms with E-state index in [9.17, 15) is 9.59 Å². The van der Waals surface area contributed by atoms with E-state index in [-0.39, 0.29) is 11.5 Å². The molecule has 5 nitrogen and oxygen atoms in total. The second-order valence-corrected chi connectivity index (χ2v) is 7.69. The van der Waals surface area contributed by atoms with E-state index in [2.05, 4.69) is 9.55 Å². The summed E-state index contributed by atoms with van der Waals surface area (Å²) in [6.45, 7) is 6.51. The van der Waals surface area contributed by atoms with Crippen molar-refractivity contribution in [2.24, 2.45) is 5.41 Å². The third-order valence-electron chi connectivity index (χ3n) is 4.58. The number of halogens is 1. The van der Waals surface area contributed by atoms with Crippen molar-refractivity contribution in [2.45, 2.75) is 33.7 Å². The summed E-state index contributed by atoms with van der Waals surface area (Å²) in [5, 5.41) is 0.684. The number of rotatable bonds is 6. The lowest BCUT2D eigenvalue weighted by molar-refractivity contribution is -0.153. The average Bonchev–Trinajstić information content (AvgIpc) is 2.92. The first kappa shape index (κ1) is 19.2. The fourth-order valence-electron chi connectivity index (χ4n) is 3.18. The van der Waals surface area contributed by atoms with E-state index in [1.165, 1.54) is 6.07 Å². The summed E-state index contributed by atoms with van der Waals surface area (Å²) in [5.41, 5.74) is 2.88. The van der Waals surface area contributed by atoms with Crippen LogP contribution in [0.4, 0.5) is 0 Å². The van der Waals surface area contributed by atoms with Crippen LogP contribution in [0, 0.1) is 5.41 Å². The molecule has 3 aromatic rings. The molecule has 1 aromatic carbocycles. The fraction of sp³-hybridized carbons (Fsp3) is 0.333. The number of nitrogens with zero attached hydrogens (tertiary/aromatic N) is 1. The zero-order valence-electron chi connectivity index (χ0n) is 15.7. The van der Waals surface area contributed by atoms with Gasteiger partial charge in [-0.1, -0.05) is 23.7 Å². The molecule has 0 fully saturated rings. The number of nitrogens with one attached hydrogen (secondary N) is 1. The Morgan fingerprint density at radius 3 is 2.56 bits per heavy atom. The van der Waals surface area contributed by atoms with Gasteiger partial charge in [0.2, 0.25) is 5.56 Å². The second-order valence-electron chi connectivity index (χ2n) is 7.25. The van der Waals surface area contributed by atoms with Gasteiger partial charge in [0.25, 0.3) is 0 Å². The first-order valence-electron chi connectivity index (χ1n) is 8.93. The van der Waals surface area contributed by atoms with E-state index in [0.29, 0.717) is 24.6 Å². The maximum absolute atomic E-state index is 12.3. The molecule has 0 bridgehead atoms. The number of ether oxygens (including phenoxy) is 1. The van der Waals surface area contributed by atoms with Crippen LogP contribution in [0.15, 0.2) is 47.3 Å². The average molecular weight is 387 g/mol. The van der Waals surface area contributed by atoms with E-state index in [0.717, 1.165) is 22.3 Å². The highest BCUT2D eigenvalue weighted by atomic mass is 35.5. The summed E-state index contributed by atoms with van der Waals surface area (Å²) in [6.07, 6.45) is 0.496. The minimum Gasteiger partial charge on any atom is -0.466 e. The number of esters is 1. The highest BCUT2D eigenvalue weighted by Crippen LogP contribution is 2.28. The largest absolute Gasteiger partial charge is 0.466 e. The molecule has 2 heterocycles. The van der Waals surface area contributed by atoms with Crippen molar-refractivity contribution in [2.75, 3.05) is 6.61 Å². The van der Waals surface area contributed by atoms with Gasteiger partial charge in [-0.25, -0.2) is 0 Å². The normalized spacial score (nSPS) is 11.7. The fourth-order valence-corrected chi connectivity index (χ4v) is 3.31. The molecule has 0 aliphatic carbocycles. The van der Waals surface area contributed by atoms with Crippen molar-refractivity contribution in [1.82, 2.24) is 9.55 Å². The van der Waals surface area contributed by atoms with E-state index in [4.69, 9.17) is 16.3 Å². The molecule has 0 amide bonds. The molecule has 0 aliphatic rings. The zero-order chi connectivity index (χ0) is 19.6. The number of pyridine rings is 1. The Morgan fingerprint density at radius 1 is 1.19 bits per heavy atom. The summed E-state index contributed by atoms with van der Waals surface area (Å²) in [5.74, 6) is -0.234. The van der Waals surface area contributed by atoms with Gasteiger partial charge in [-0.3, -0.25) is 9.59 Å². The Hall–Kier alpha value is -2.53. The number of hydrogen-bond donors (Lipinski definition) is 1. The molecular formula is C21H23ClN2O3. The number of fused-ring (bicyclic) bond motifs is 1. The van der Waals surface area contributed by atoms with Crippen LogP contribution < -0.4 is 5.56 Å². The Morgan fingerprint density at radius 2 is 1.89 bits per heavy atom. The Kier molecular flexibility index (Phi) is 5.42. The summed E-state index contributed by atoms with van der Waals surface area (Å²) < 4.78 is 7.34. The maximum atomic E-state index is 12.3. The van der Waals surface area contributed by atoms with Gasteiger partial charge in [0.05, 0.1) is 23.1 Å². The van der Waals surface area contributed by atoms with Crippen molar-refractivity contribution in [3.8, 4) is 0 Å². The molecule has 0 saturated carbocycles. The molecule has 0 unspecified atom stereocenters. The van der Waals surface area contributed by atoms with E-state index in [1.807, 2.05) is 50.2 Å². The minimum atomic E-state index is -0.678. The minimum absolute atomic E-state index is 0.151. The van der Waals surface area contributed by atoms with Gasteiger partial charge in [-0.05, 0) is 50.6 Å². The van der Waals surface area contributed by atoms with E-state index >= 15 is 0 Å². The molecule has 0 radical (unpaired) electrons. The number of aromatic nitrogens is 2. The molecule has 0 aliphatic heterocycles. The first-order valence-corrected chi connectivity index (χ1v) is 9.31. The van der Waals surface area contributed by atoms with Gasteiger partial charge >= 0.3 is 5.97 Å². The molecule has 142 valence electrons. The Bertz CT molecular complexity index is 1020. The van der Waals surface area contributed by atoms with E-state index < -0.39 is 5.41 Å². The lowest BCUT2D eigenvalue weighted by Crippen LogP contribution is -2.30. The van der Waals surface area contributed by atoms with Crippen molar-refractivity contribution in [3.63, 3.8) is 0 Å². The smallest absolute Gasteiger partial charge is 0.311 e. The summed E-state index contributed by atoms with van der Waals surface area (Å²) in [7, 11) is 0. The van der Waals surface area contributed by atoms with Crippen LogP contribution in [0.25, 0.3) is 11.0 Å². The molecule has 0 spiro atoms. The van der Waals surface area contributed by atoms with Crippen molar-refractivity contribution in [3.05, 3.63) is 69.1 Å². The quantitative estimate of drug-likeness (QED) is 0.647. The number of carbonyl (C=O) groups is 1. The maximum Gasteiger partial charge on any atom is 0.311 e. The van der Waals surface area contributed by atoms with Gasteiger partial charge < -0.3 is 14.3 Å². The van der Waals surface area contributed by atoms with Crippen LogP contribution >= 0.6 is 11.6 Å². The predicted octanol–water partition coefficient (Wildman–Crippen LogP) is 4.16. The molecule has 3 rings (SSSR count). The van der Waals surface area contributed by atoms with Crippen LogP contribution in [0.5, 0.6) is 0 Å². The number of carbonyl (C=O) groups excluding carboxylic acids is 1. The topological polar surface area (TPSA) is 64.1 Å². The third kappa shape index (κ3) is 4.25. The van der Waals surface area contributed by atoms with Crippen LogP contribution in [0.3, 0.4) is 0 Å². The molecule has 0 atom stereocenters. The van der Waals surface area contributed by atoms with Crippen molar-refractivity contribution >= 4 is 28.6 Å². The van der Waals surface area contributed by atoms with E-state index in [1.54, 1.807) is 6.92 Å². The number of aromatic amines is 1. The third-order valence-corrected chi connectivity index (χ3v) is 4.83. The van der Waals surface area contributed by atoms with Gasteiger partial charge in [0.15, 0.2) is 0 Å². The predicted molar refractivity (Wildman–Crippen MR) is 107 cm³/mol. The van der Waals surface area contributed by atoms with Crippen LogP contribution in [-0.2, 0) is 22.5 Å². The van der Waals surface area contributed by atoms with Crippen LogP contribution in [-0.4, -0.2) is 22.1 Å². The van der Waals surface area contributed by atoms with Gasteiger partial charge in [-0.15, -0.1) is 0 Å². The summed E-state index contributed by atoms with van der Waals surface area (Å²) >= 11 is 5.99. The highest BCUT2D eigenvalue weighted by Gasteiger charge is 2.31. The number of benzene rings is 1. The number of hydrogen-bond acceptors (Lipinski definition) is 3. The Balaban J connectivity index is 2.04. The van der Waals surface area contributed by atoms with Crippen molar-refractivity contribution < 1.29 is 9.53 Å². The molecule has 27 heavy (non-hydrogen) atoms. The SMILES string of the molecule is CCOC(=O)C(C)(C)Cc1cc2[nH]c(=O)ccc2n1Cc1ccc(Cl)cc1. The first-order chi connectivity index (χ1) is 12.8. The lowest BCUT2D eigenvalue weighted by Gasteiger charge is -2.23. The molecule has 2 aromatic heterocycles. The van der Waals surface area contributed by atoms with Gasteiger partial charge in [0.1, 0.15) is 0 Å². The van der Waals surface area contributed by atoms with Crippen LogP contribution in [0.1, 0.15) is 32.0 Å². The highest BCUT2D eigenvalue weighted by molar-refractivity contribution is 6.30. The second kappa shape index (κ2) is 7.61. The summed E-state index contributed by atoms with van der Waals surface area (Å²) in [6, 6.07) is 12.9. The zero-order valence-corrected chi connectivity index (χ0v) is 16.5. The molecular weight excluding hydrogens is 364 g/mol. The summed E-state index contributed by atoms with van der Waals surface area (Å²) in [4.78, 5) is 26.9. The van der Waals surface area contributed by atoms with Gasteiger partial charge in [-0.2, -0.15) is 0 Å². The van der Waals surface area contributed by atoms with Crippen LogP contribution in [0.2, 0.25) is 5.02 Å². The standard InChI is InChI=1S/C21H23ClN2O3/c1-4-27-20(26)21(2,3)12-16-11-17-18(9-10-19(25)23-17)24(16)13-14-5-7-15(22)8-6-14/h5-11H,4,12-13H2,1-3H3,(H,23,25). The van der Waals surface area contributed by atoms with Crippen molar-refractivity contribution in [1.29, 1.82) is 0 Å². The molecule has 1 N–H and O–H groups in total. The monoisotopic (exact) mass is 386 g/mol. The Labute approximate surface area is 162 Å². The molecule has 6 heteroatoms. The lowest BCUT2D eigenvalue weighted by atomic mass is 9.88. The molecule has 0 saturated heterocycles.